The first-order valence-electron chi connectivity index (χ1n) is 7.33. The molecule has 0 aromatic carbocycles. The van der Waals surface area contributed by atoms with Gasteiger partial charge >= 0.3 is 17.9 Å². The number of aliphatic carboxylic acids is 3. The van der Waals surface area contributed by atoms with E-state index in [2.05, 4.69) is 6.92 Å². The molecule has 0 saturated heterocycles. The number of carboxylic acid groups (broad SMARTS) is 3. The highest BCUT2D eigenvalue weighted by atomic mass is 16.4. The molecule has 6 heteroatoms. The maximum Gasteiger partial charge on any atom is 0.318 e. The van der Waals surface area contributed by atoms with Crippen LogP contribution in [0.2, 0.25) is 0 Å². The molecule has 0 rings (SSSR count). The highest BCUT2D eigenvalue weighted by Crippen LogP contribution is 2.38. The van der Waals surface area contributed by atoms with Crippen LogP contribution in [0.25, 0.3) is 0 Å². The van der Waals surface area contributed by atoms with Gasteiger partial charge < -0.3 is 15.3 Å². The lowest BCUT2D eigenvalue weighted by atomic mass is 9.69. The predicted octanol–water partition coefficient (Wildman–Crippen LogP) is 2.86. The number of rotatable bonds is 11. The van der Waals surface area contributed by atoms with Crippen LogP contribution in [0.5, 0.6) is 0 Å². The molecule has 0 aromatic rings. The van der Waals surface area contributed by atoms with E-state index in [1.807, 2.05) is 0 Å². The van der Waals surface area contributed by atoms with Gasteiger partial charge in [-0.15, -0.1) is 0 Å². The SMILES string of the molecule is CCCCCCCC(C)(C)C(C(=O)O)C(C(=O)O)C(=O)O. The first kappa shape index (κ1) is 19.4. The Kier molecular flexibility index (Phi) is 7.99. The average molecular weight is 302 g/mol. The Bertz CT molecular complexity index is 360. The molecule has 0 aliphatic heterocycles. The van der Waals surface area contributed by atoms with Crippen molar-refractivity contribution in [3.63, 3.8) is 0 Å². The van der Waals surface area contributed by atoms with E-state index in [9.17, 15) is 19.5 Å². The topological polar surface area (TPSA) is 112 Å². The molecule has 0 amide bonds. The molecule has 0 radical (unpaired) electrons. The predicted molar refractivity (Wildman–Crippen MR) is 77.0 cm³/mol. The van der Waals surface area contributed by atoms with Gasteiger partial charge in [-0.2, -0.15) is 0 Å². The average Bonchev–Trinajstić information content (AvgIpc) is 2.33. The fourth-order valence-corrected chi connectivity index (χ4v) is 2.66. The van der Waals surface area contributed by atoms with Crippen molar-refractivity contribution in [2.75, 3.05) is 0 Å². The van der Waals surface area contributed by atoms with Gasteiger partial charge in [0.1, 0.15) is 0 Å². The van der Waals surface area contributed by atoms with E-state index in [-0.39, 0.29) is 0 Å². The molecule has 1 unspecified atom stereocenters. The molecule has 0 aliphatic rings. The molecular weight excluding hydrogens is 276 g/mol. The van der Waals surface area contributed by atoms with Crippen molar-refractivity contribution in [3.8, 4) is 0 Å². The molecule has 0 heterocycles. The van der Waals surface area contributed by atoms with Gasteiger partial charge in [0.2, 0.25) is 0 Å². The van der Waals surface area contributed by atoms with Crippen LogP contribution in [-0.2, 0) is 14.4 Å². The summed E-state index contributed by atoms with van der Waals surface area (Å²) in [5.74, 6) is -7.95. The fraction of sp³-hybridized carbons (Fsp3) is 0.800. The third-order valence-corrected chi connectivity index (χ3v) is 3.90. The van der Waals surface area contributed by atoms with Crippen molar-refractivity contribution in [1.29, 1.82) is 0 Å². The number of carbonyl (C=O) groups is 3. The lowest BCUT2D eigenvalue weighted by molar-refractivity contribution is -0.169. The summed E-state index contributed by atoms with van der Waals surface area (Å²) in [6, 6.07) is 0. The molecule has 6 nitrogen and oxygen atoms in total. The maximum atomic E-state index is 11.4. The van der Waals surface area contributed by atoms with E-state index in [0.717, 1.165) is 32.1 Å². The van der Waals surface area contributed by atoms with Gasteiger partial charge in [-0.05, 0) is 11.8 Å². The number of unbranched alkanes of at least 4 members (excludes halogenated alkanes) is 4. The first-order chi connectivity index (χ1) is 9.65. The van der Waals surface area contributed by atoms with Gasteiger partial charge in [-0.1, -0.05) is 52.9 Å². The zero-order chi connectivity index (χ0) is 16.6. The lowest BCUT2D eigenvalue weighted by Crippen LogP contribution is -2.44. The van der Waals surface area contributed by atoms with Crippen molar-refractivity contribution in [1.82, 2.24) is 0 Å². The normalized spacial score (nSPS) is 13.1. The summed E-state index contributed by atoms with van der Waals surface area (Å²) in [6.07, 6.45) is 5.45. The molecule has 0 spiro atoms. The van der Waals surface area contributed by atoms with Crippen LogP contribution in [0.15, 0.2) is 0 Å². The van der Waals surface area contributed by atoms with Crippen LogP contribution in [-0.4, -0.2) is 33.2 Å². The van der Waals surface area contributed by atoms with Gasteiger partial charge in [0.05, 0.1) is 5.92 Å². The summed E-state index contributed by atoms with van der Waals surface area (Å²) >= 11 is 0. The van der Waals surface area contributed by atoms with Crippen molar-refractivity contribution >= 4 is 17.9 Å². The van der Waals surface area contributed by atoms with Crippen LogP contribution in [0.3, 0.4) is 0 Å². The molecule has 0 fully saturated rings. The highest BCUT2D eigenvalue weighted by Gasteiger charge is 2.47. The number of hydrogen-bond acceptors (Lipinski definition) is 3. The van der Waals surface area contributed by atoms with Crippen molar-refractivity contribution < 1.29 is 29.7 Å². The Balaban J connectivity index is 4.94. The molecule has 0 aromatic heterocycles. The Labute approximate surface area is 125 Å². The third-order valence-electron chi connectivity index (χ3n) is 3.90. The van der Waals surface area contributed by atoms with Gasteiger partial charge in [-0.25, -0.2) is 0 Å². The van der Waals surface area contributed by atoms with Crippen LogP contribution < -0.4 is 0 Å². The number of carboxylic acids is 3. The molecule has 0 saturated carbocycles. The van der Waals surface area contributed by atoms with E-state index in [1.54, 1.807) is 13.8 Å². The largest absolute Gasteiger partial charge is 0.481 e. The summed E-state index contributed by atoms with van der Waals surface area (Å²) in [6.45, 7) is 5.35. The minimum Gasteiger partial charge on any atom is -0.481 e. The Morgan fingerprint density at radius 3 is 1.71 bits per heavy atom. The molecule has 122 valence electrons. The number of hydrogen-bond donors (Lipinski definition) is 3. The first-order valence-corrected chi connectivity index (χ1v) is 7.33. The van der Waals surface area contributed by atoms with Crippen LogP contribution in [0, 0.1) is 17.3 Å². The Morgan fingerprint density at radius 2 is 1.33 bits per heavy atom. The zero-order valence-corrected chi connectivity index (χ0v) is 13.0. The molecule has 3 N–H and O–H groups in total. The smallest absolute Gasteiger partial charge is 0.318 e. The second-order valence-corrected chi connectivity index (χ2v) is 6.12. The van der Waals surface area contributed by atoms with E-state index in [1.165, 1.54) is 0 Å². The van der Waals surface area contributed by atoms with Gasteiger partial charge in [0.15, 0.2) is 5.92 Å². The summed E-state index contributed by atoms with van der Waals surface area (Å²) < 4.78 is 0. The van der Waals surface area contributed by atoms with Crippen molar-refractivity contribution in [3.05, 3.63) is 0 Å². The Morgan fingerprint density at radius 1 is 0.857 bits per heavy atom. The summed E-state index contributed by atoms with van der Waals surface area (Å²) in [5, 5.41) is 27.3. The minimum absolute atomic E-state index is 0.491. The quantitative estimate of drug-likeness (QED) is 0.399. The fourth-order valence-electron chi connectivity index (χ4n) is 2.66. The van der Waals surface area contributed by atoms with Crippen molar-refractivity contribution in [2.45, 2.75) is 59.3 Å². The standard InChI is InChI=1S/C15H26O6/c1-4-5-6-7-8-9-15(2,3)11(14(20)21)10(12(16)17)13(18)19/h10-11H,4-9H2,1-3H3,(H,16,17)(H,18,19)(H,20,21). The summed E-state index contributed by atoms with van der Waals surface area (Å²) in [5.41, 5.74) is -0.889. The van der Waals surface area contributed by atoms with E-state index < -0.39 is 35.2 Å². The van der Waals surface area contributed by atoms with E-state index >= 15 is 0 Å². The Hall–Kier alpha value is -1.59. The second kappa shape index (κ2) is 8.64. The van der Waals surface area contributed by atoms with Gasteiger partial charge in [-0.3, -0.25) is 14.4 Å². The van der Waals surface area contributed by atoms with Crippen LogP contribution in [0.4, 0.5) is 0 Å². The molecule has 21 heavy (non-hydrogen) atoms. The highest BCUT2D eigenvalue weighted by molar-refractivity contribution is 5.97. The summed E-state index contributed by atoms with van der Waals surface area (Å²) in [7, 11) is 0. The van der Waals surface area contributed by atoms with Crippen molar-refractivity contribution in [2.24, 2.45) is 17.3 Å². The van der Waals surface area contributed by atoms with E-state index in [0.29, 0.717) is 6.42 Å². The van der Waals surface area contributed by atoms with Gasteiger partial charge in [0, 0.05) is 0 Å². The van der Waals surface area contributed by atoms with Crippen LogP contribution >= 0.6 is 0 Å². The van der Waals surface area contributed by atoms with E-state index in [4.69, 9.17) is 10.2 Å². The maximum absolute atomic E-state index is 11.4. The summed E-state index contributed by atoms with van der Waals surface area (Å²) in [4.78, 5) is 33.6. The molecule has 0 aliphatic carbocycles. The van der Waals surface area contributed by atoms with Gasteiger partial charge in [0.25, 0.3) is 0 Å². The molecule has 0 bridgehead atoms. The minimum atomic E-state index is -1.92. The molecular formula is C15H26O6. The lowest BCUT2D eigenvalue weighted by Gasteiger charge is -2.33. The van der Waals surface area contributed by atoms with Crippen LogP contribution in [0.1, 0.15) is 59.3 Å². The monoisotopic (exact) mass is 302 g/mol. The molecule has 1 atom stereocenters. The second-order valence-electron chi connectivity index (χ2n) is 6.12. The third kappa shape index (κ3) is 6.14. The zero-order valence-electron chi connectivity index (χ0n) is 13.0.